The van der Waals surface area contributed by atoms with Crippen LogP contribution in [0, 0.1) is 5.41 Å². The summed E-state index contributed by atoms with van der Waals surface area (Å²) in [5.74, 6) is 0.621. The summed E-state index contributed by atoms with van der Waals surface area (Å²) in [6.45, 7) is 3.70. The number of carbonyl (C=O) groups is 1. The van der Waals surface area contributed by atoms with E-state index in [2.05, 4.69) is 14.7 Å². The van der Waals surface area contributed by atoms with Gasteiger partial charge in [0.1, 0.15) is 5.82 Å². The van der Waals surface area contributed by atoms with Crippen molar-refractivity contribution in [2.75, 3.05) is 5.32 Å². The maximum atomic E-state index is 11.9. The van der Waals surface area contributed by atoms with Crippen molar-refractivity contribution in [1.29, 1.82) is 5.41 Å². The molecule has 2 N–H and O–H groups in total. The molecule has 0 bridgehead atoms. The van der Waals surface area contributed by atoms with E-state index in [0.717, 1.165) is 23.4 Å². The summed E-state index contributed by atoms with van der Waals surface area (Å²) in [7, 11) is 0. The Kier molecular flexibility index (Phi) is 4.57. The second-order valence-corrected chi connectivity index (χ2v) is 5.17. The molecule has 0 aliphatic carbocycles. The Balaban J connectivity index is 2.00. The van der Waals surface area contributed by atoms with Crippen molar-refractivity contribution in [2.45, 2.75) is 26.7 Å². The van der Waals surface area contributed by atoms with Crippen LogP contribution >= 0.6 is 11.5 Å². The predicted octanol–water partition coefficient (Wildman–Crippen LogP) is 2.67. The predicted molar refractivity (Wildman–Crippen MR) is 80.6 cm³/mol. The van der Waals surface area contributed by atoms with E-state index in [-0.39, 0.29) is 12.3 Å². The quantitative estimate of drug-likeness (QED) is 0.830. The molecule has 1 aromatic carbocycles. The van der Waals surface area contributed by atoms with E-state index in [4.69, 9.17) is 5.41 Å². The molecule has 1 amide bonds. The minimum Gasteiger partial charge on any atom is -0.305 e. The SMILES string of the molecule is CCc1nsc(NC(=O)Cc2cccc(C(C)=N)c2)n1. The molecule has 0 spiro atoms. The van der Waals surface area contributed by atoms with Crippen LogP contribution in [0.15, 0.2) is 24.3 Å². The zero-order valence-electron chi connectivity index (χ0n) is 11.4. The van der Waals surface area contributed by atoms with Crippen LogP contribution in [-0.2, 0) is 17.6 Å². The summed E-state index contributed by atoms with van der Waals surface area (Å²) in [6, 6.07) is 7.46. The van der Waals surface area contributed by atoms with Gasteiger partial charge < -0.3 is 10.7 Å². The van der Waals surface area contributed by atoms with Gasteiger partial charge >= 0.3 is 0 Å². The van der Waals surface area contributed by atoms with Gasteiger partial charge in [-0.05, 0) is 24.1 Å². The fourth-order valence-electron chi connectivity index (χ4n) is 1.71. The number of benzene rings is 1. The minimum atomic E-state index is -0.122. The van der Waals surface area contributed by atoms with Gasteiger partial charge in [0.05, 0.1) is 6.42 Å². The van der Waals surface area contributed by atoms with Crippen molar-refractivity contribution in [2.24, 2.45) is 0 Å². The smallest absolute Gasteiger partial charge is 0.230 e. The molecule has 20 heavy (non-hydrogen) atoms. The lowest BCUT2D eigenvalue weighted by molar-refractivity contribution is -0.115. The summed E-state index contributed by atoms with van der Waals surface area (Å²) in [5.41, 5.74) is 2.20. The van der Waals surface area contributed by atoms with Crippen LogP contribution in [0.5, 0.6) is 0 Å². The fourth-order valence-corrected chi connectivity index (χ4v) is 2.38. The van der Waals surface area contributed by atoms with Gasteiger partial charge in [-0.25, -0.2) is 4.98 Å². The summed E-state index contributed by atoms with van der Waals surface area (Å²) < 4.78 is 4.12. The molecule has 0 fully saturated rings. The van der Waals surface area contributed by atoms with Gasteiger partial charge in [0.2, 0.25) is 11.0 Å². The zero-order valence-corrected chi connectivity index (χ0v) is 12.3. The van der Waals surface area contributed by atoms with Crippen LogP contribution in [0.25, 0.3) is 0 Å². The van der Waals surface area contributed by atoms with Gasteiger partial charge in [-0.2, -0.15) is 4.37 Å². The third-order valence-corrected chi connectivity index (χ3v) is 3.42. The Morgan fingerprint density at radius 2 is 2.25 bits per heavy atom. The summed E-state index contributed by atoms with van der Waals surface area (Å²) in [4.78, 5) is 16.1. The molecule has 0 saturated heterocycles. The van der Waals surface area contributed by atoms with E-state index in [1.165, 1.54) is 11.5 Å². The normalized spacial score (nSPS) is 10.3. The highest BCUT2D eigenvalue weighted by atomic mass is 32.1. The molecule has 2 aromatic rings. The molecule has 104 valence electrons. The lowest BCUT2D eigenvalue weighted by atomic mass is 10.1. The Hall–Kier alpha value is -2.08. The van der Waals surface area contributed by atoms with Crippen LogP contribution in [0.4, 0.5) is 5.13 Å². The first-order valence-corrected chi connectivity index (χ1v) is 7.12. The molecule has 0 aliphatic rings. The van der Waals surface area contributed by atoms with Crippen molar-refractivity contribution >= 4 is 28.3 Å². The Labute approximate surface area is 121 Å². The first-order chi connectivity index (χ1) is 9.58. The van der Waals surface area contributed by atoms with E-state index >= 15 is 0 Å². The molecule has 6 heteroatoms. The van der Waals surface area contributed by atoms with E-state index < -0.39 is 0 Å². The molecule has 2 rings (SSSR count). The van der Waals surface area contributed by atoms with E-state index in [1.54, 1.807) is 6.92 Å². The molecule has 0 saturated carbocycles. The minimum absolute atomic E-state index is 0.122. The molecular weight excluding hydrogens is 272 g/mol. The topological polar surface area (TPSA) is 78.7 Å². The van der Waals surface area contributed by atoms with Crippen LogP contribution in [0.3, 0.4) is 0 Å². The van der Waals surface area contributed by atoms with Gasteiger partial charge in [-0.15, -0.1) is 0 Å². The molecule has 0 radical (unpaired) electrons. The fraction of sp³-hybridized carbons (Fsp3) is 0.286. The number of hydrogen-bond acceptors (Lipinski definition) is 5. The number of hydrogen-bond donors (Lipinski definition) is 2. The van der Waals surface area contributed by atoms with Crippen molar-refractivity contribution in [1.82, 2.24) is 9.36 Å². The monoisotopic (exact) mass is 288 g/mol. The molecule has 1 aromatic heterocycles. The van der Waals surface area contributed by atoms with E-state index in [9.17, 15) is 4.79 Å². The molecule has 0 atom stereocenters. The van der Waals surface area contributed by atoms with Crippen LogP contribution in [-0.4, -0.2) is 21.0 Å². The summed E-state index contributed by atoms with van der Waals surface area (Å²) in [6.07, 6.45) is 1.02. The van der Waals surface area contributed by atoms with Gasteiger partial charge in [0.15, 0.2) is 0 Å². The van der Waals surface area contributed by atoms with Gasteiger partial charge in [0.25, 0.3) is 0 Å². The summed E-state index contributed by atoms with van der Waals surface area (Å²) in [5, 5.41) is 10.9. The molecule has 0 aliphatic heterocycles. The zero-order chi connectivity index (χ0) is 14.5. The van der Waals surface area contributed by atoms with Crippen molar-refractivity contribution in [3.05, 3.63) is 41.2 Å². The Bertz CT molecular complexity index is 636. The Morgan fingerprint density at radius 1 is 1.45 bits per heavy atom. The standard InChI is InChI=1S/C14H16N4OS/c1-3-12-16-14(20-18-12)17-13(19)8-10-5-4-6-11(7-10)9(2)15/h4-7,15H,3,8H2,1-2H3,(H,16,17,18,19). The number of nitrogens with zero attached hydrogens (tertiary/aromatic N) is 2. The molecule has 0 unspecified atom stereocenters. The Morgan fingerprint density at radius 3 is 2.90 bits per heavy atom. The van der Waals surface area contributed by atoms with Crippen LogP contribution < -0.4 is 5.32 Å². The van der Waals surface area contributed by atoms with Gasteiger partial charge in [-0.1, -0.05) is 25.1 Å². The number of anilines is 1. The third kappa shape index (κ3) is 3.71. The number of amides is 1. The second-order valence-electron chi connectivity index (χ2n) is 4.42. The highest BCUT2D eigenvalue weighted by Gasteiger charge is 2.08. The maximum absolute atomic E-state index is 11.9. The molecular formula is C14H16N4OS. The average molecular weight is 288 g/mol. The molecule has 5 nitrogen and oxygen atoms in total. The van der Waals surface area contributed by atoms with E-state index in [1.807, 2.05) is 31.2 Å². The number of aromatic nitrogens is 2. The molecule has 1 heterocycles. The first kappa shape index (κ1) is 14.3. The first-order valence-electron chi connectivity index (χ1n) is 6.35. The number of carbonyl (C=O) groups excluding carboxylic acids is 1. The highest BCUT2D eigenvalue weighted by molar-refractivity contribution is 7.09. The maximum Gasteiger partial charge on any atom is 0.230 e. The lowest BCUT2D eigenvalue weighted by Crippen LogP contribution is -2.14. The highest BCUT2D eigenvalue weighted by Crippen LogP contribution is 2.12. The second kappa shape index (κ2) is 6.38. The van der Waals surface area contributed by atoms with E-state index in [0.29, 0.717) is 10.8 Å². The number of rotatable bonds is 5. The number of aryl methyl sites for hydroxylation is 1. The third-order valence-electron chi connectivity index (χ3n) is 2.76. The van der Waals surface area contributed by atoms with Crippen molar-refractivity contribution in [3.8, 4) is 0 Å². The average Bonchev–Trinajstić information content (AvgIpc) is 2.86. The summed E-state index contributed by atoms with van der Waals surface area (Å²) >= 11 is 1.19. The van der Waals surface area contributed by atoms with Crippen LogP contribution in [0.1, 0.15) is 30.8 Å². The van der Waals surface area contributed by atoms with Crippen molar-refractivity contribution < 1.29 is 4.79 Å². The number of nitrogens with one attached hydrogen (secondary N) is 2. The lowest BCUT2D eigenvalue weighted by Gasteiger charge is -2.04. The van der Waals surface area contributed by atoms with Crippen molar-refractivity contribution in [3.63, 3.8) is 0 Å². The van der Waals surface area contributed by atoms with Gasteiger partial charge in [0, 0.05) is 23.7 Å². The van der Waals surface area contributed by atoms with Crippen LogP contribution in [0.2, 0.25) is 0 Å². The van der Waals surface area contributed by atoms with Gasteiger partial charge in [-0.3, -0.25) is 4.79 Å². The largest absolute Gasteiger partial charge is 0.305 e.